The van der Waals surface area contributed by atoms with Gasteiger partial charge in [0.25, 0.3) is 0 Å². The van der Waals surface area contributed by atoms with Gasteiger partial charge in [-0.3, -0.25) is 0 Å². The molecule has 48 valence electrons. The predicted octanol–water partition coefficient (Wildman–Crippen LogP) is 1.41. The largest absolute Gasteiger partial charge is 0.237 e. The molecule has 0 amide bonds. The normalized spacial score (nSPS) is 13.9. The lowest BCUT2D eigenvalue weighted by molar-refractivity contribution is 0.0657. The summed E-state index contributed by atoms with van der Waals surface area (Å²) >= 11 is 0. The maximum Gasteiger partial charge on any atom is 0.0928 e. The van der Waals surface area contributed by atoms with E-state index in [9.17, 15) is 10.2 Å². The third-order valence-electron chi connectivity index (χ3n) is 1.13. The van der Waals surface area contributed by atoms with Gasteiger partial charge >= 0.3 is 0 Å². The quantitative estimate of drug-likeness (QED) is 0.532. The van der Waals surface area contributed by atoms with Crippen LogP contribution in [-0.4, -0.2) is 12.7 Å². The van der Waals surface area contributed by atoms with Gasteiger partial charge in [0.1, 0.15) is 0 Å². The first kappa shape index (κ1) is 7.92. The molecule has 0 aliphatic carbocycles. The molecule has 0 bridgehead atoms. The van der Waals surface area contributed by atoms with E-state index >= 15 is 0 Å². The first-order valence-electron chi connectivity index (χ1n) is 3.05. The highest BCUT2D eigenvalue weighted by atomic mass is 16.3. The summed E-state index contributed by atoms with van der Waals surface area (Å²) in [5.41, 5.74) is 0. The van der Waals surface area contributed by atoms with E-state index in [1.165, 1.54) is 0 Å². The molecule has 0 spiro atoms. The van der Waals surface area contributed by atoms with E-state index in [-0.39, 0.29) is 6.61 Å². The van der Waals surface area contributed by atoms with E-state index in [1.807, 2.05) is 6.92 Å². The third-order valence-corrected chi connectivity index (χ3v) is 1.13. The Morgan fingerprint density at radius 3 is 2.50 bits per heavy atom. The van der Waals surface area contributed by atoms with Crippen LogP contribution >= 0.6 is 0 Å². The Labute approximate surface area is 50.2 Å². The zero-order chi connectivity index (χ0) is 6.41. The third kappa shape index (κ3) is 4.09. The van der Waals surface area contributed by atoms with E-state index in [0.29, 0.717) is 19.3 Å². The molecule has 1 unspecified atom stereocenters. The van der Waals surface area contributed by atoms with Gasteiger partial charge in [-0.15, -0.1) is 0 Å². The highest BCUT2D eigenvalue weighted by Crippen LogP contribution is 1.99. The maximum absolute atomic E-state index is 10.5. The van der Waals surface area contributed by atoms with Gasteiger partial charge in [0.2, 0.25) is 0 Å². The molecular weight excluding hydrogens is 104 g/mol. The van der Waals surface area contributed by atoms with Crippen molar-refractivity contribution in [3.8, 4) is 0 Å². The summed E-state index contributed by atoms with van der Waals surface area (Å²) in [5.74, 6) is 0. The summed E-state index contributed by atoms with van der Waals surface area (Å²) in [6, 6.07) is 0. The summed E-state index contributed by atoms with van der Waals surface area (Å²) in [4.78, 5) is 0. The second kappa shape index (κ2) is 5.06. The summed E-state index contributed by atoms with van der Waals surface area (Å²) in [7, 11) is 0. The van der Waals surface area contributed by atoms with Gasteiger partial charge in [-0.05, 0) is 19.3 Å². The Kier molecular flexibility index (Phi) is 5.01. The molecule has 2 radical (unpaired) electrons. The van der Waals surface area contributed by atoms with Gasteiger partial charge in [-0.2, -0.15) is 0 Å². The molecule has 0 N–H and O–H groups in total. The van der Waals surface area contributed by atoms with Crippen LogP contribution in [0.2, 0.25) is 0 Å². The molecule has 1 atom stereocenters. The first-order valence-corrected chi connectivity index (χ1v) is 3.05. The lowest BCUT2D eigenvalue weighted by Gasteiger charge is -1.99. The Balaban J connectivity index is 2.86. The van der Waals surface area contributed by atoms with Crippen molar-refractivity contribution in [2.75, 3.05) is 6.61 Å². The molecule has 0 heterocycles. The Morgan fingerprint density at radius 2 is 2.12 bits per heavy atom. The molecule has 0 aliphatic rings. The van der Waals surface area contributed by atoms with Crippen molar-refractivity contribution < 1.29 is 10.2 Å². The molecule has 2 heteroatoms. The maximum atomic E-state index is 10.5. The number of rotatable bonds is 4. The average Bonchev–Trinajstić information content (AvgIpc) is 1.83. The Bertz CT molecular complexity index is 45.8. The van der Waals surface area contributed by atoms with E-state index in [4.69, 9.17) is 0 Å². The summed E-state index contributed by atoms with van der Waals surface area (Å²) in [6.07, 6.45) is 1.26. The van der Waals surface area contributed by atoms with Crippen LogP contribution in [0.1, 0.15) is 26.2 Å². The van der Waals surface area contributed by atoms with E-state index < -0.39 is 6.10 Å². The molecule has 0 fully saturated rings. The van der Waals surface area contributed by atoms with Crippen molar-refractivity contribution in [1.29, 1.82) is 0 Å². The van der Waals surface area contributed by atoms with E-state index in [2.05, 4.69) is 0 Å². The van der Waals surface area contributed by atoms with Crippen LogP contribution < -0.4 is 0 Å². The van der Waals surface area contributed by atoms with E-state index in [0.717, 1.165) is 0 Å². The summed E-state index contributed by atoms with van der Waals surface area (Å²) in [5, 5.41) is 20.3. The highest BCUT2D eigenvalue weighted by molar-refractivity contribution is 4.49. The summed E-state index contributed by atoms with van der Waals surface area (Å²) < 4.78 is 0. The standard InChI is InChI=1S/C6H12O2/c1-2-6(8)4-3-5-7/h6H,2-5H2,1H3. The topological polar surface area (TPSA) is 39.8 Å². The molecule has 2 nitrogen and oxygen atoms in total. The van der Waals surface area contributed by atoms with Gasteiger partial charge in [-0.25, -0.2) is 10.2 Å². The SMILES string of the molecule is CCC([O])CCC[O]. The molecule has 0 saturated carbocycles. The smallest absolute Gasteiger partial charge is 0.0928 e. The van der Waals surface area contributed by atoms with Gasteiger partial charge in [-0.1, -0.05) is 6.92 Å². The van der Waals surface area contributed by atoms with Crippen molar-refractivity contribution in [2.24, 2.45) is 0 Å². The number of hydrogen-bond donors (Lipinski definition) is 0. The molecular formula is C6H12O2. The minimum Gasteiger partial charge on any atom is -0.237 e. The predicted molar refractivity (Wildman–Crippen MR) is 29.6 cm³/mol. The fourth-order valence-corrected chi connectivity index (χ4v) is 0.515. The monoisotopic (exact) mass is 116 g/mol. The first-order chi connectivity index (χ1) is 3.81. The van der Waals surface area contributed by atoms with Crippen molar-refractivity contribution in [3.63, 3.8) is 0 Å². The Morgan fingerprint density at radius 1 is 1.50 bits per heavy atom. The van der Waals surface area contributed by atoms with Gasteiger partial charge in [0, 0.05) is 0 Å². The summed E-state index contributed by atoms with van der Waals surface area (Å²) in [6.45, 7) is 1.75. The lowest BCUT2D eigenvalue weighted by Crippen LogP contribution is -2.02. The van der Waals surface area contributed by atoms with Crippen molar-refractivity contribution in [1.82, 2.24) is 0 Å². The minimum atomic E-state index is -0.496. The van der Waals surface area contributed by atoms with Crippen LogP contribution in [-0.2, 0) is 10.2 Å². The van der Waals surface area contributed by atoms with Crippen LogP contribution in [0, 0.1) is 0 Å². The van der Waals surface area contributed by atoms with Crippen LogP contribution in [0.3, 0.4) is 0 Å². The molecule has 0 aromatic carbocycles. The Hall–Kier alpha value is -0.0800. The van der Waals surface area contributed by atoms with Crippen molar-refractivity contribution >= 4 is 0 Å². The van der Waals surface area contributed by atoms with Gasteiger partial charge < -0.3 is 0 Å². The molecule has 8 heavy (non-hydrogen) atoms. The van der Waals surface area contributed by atoms with Crippen LogP contribution in [0.25, 0.3) is 0 Å². The van der Waals surface area contributed by atoms with Crippen molar-refractivity contribution in [3.05, 3.63) is 0 Å². The number of hydrogen-bond acceptors (Lipinski definition) is 0. The molecule has 0 rings (SSSR count). The fourth-order valence-electron chi connectivity index (χ4n) is 0.515. The van der Waals surface area contributed by atoms with Gasteiger partial charge in [0.15, 0.2) is 0 Å². The lowest BCUT2D eigenvalue weighted by atomic mass is 10.2. The van der Waals surface area contributed by atoms with Crippen LogP contribution in [0.5, 0.6) is 0 Å². The molecule has 0 aromatic heterocycles. The average molecular weight is 116 g/mol. The van der Waals surface area contributed by atoms with Crippen LogP contribution in [0.15, 0.2) is 0 Å². The van der Waals surface area contributed by atoms with Gasteiger partial charge in [0.05, 0.1) is 12.7 Å². The van der Waals surface area contributed by atoms with Crippen LogP contribution in [0.4, 0.5) is 0 Å². The molecule has 0 aliphatic heterocycles. The second-order valence-corrected chi connectivity index (χ2v) is 1.88. The molecule has 0 saturated heterocycles. The fraction of sp³-hybridized carbons (Fsp3) is 1.00. The zero-order valence-corrected chi connectivity index (χ0v) is 5.22. The minimum absolute atomic E-state index is 0.0985. The van der Waals surface area contributed by atoms with E-state index in [1.54, 1.807) is 0 Å². The van der Waals surface area contributed by atoms with Crippen molar-refractivity contribution in [2.45, 2.75) is 32.3 Å². The zero-order valence-electron chi connectivity index (χ0n) is 5.22. The highest BCUT2D eigenvalue weighted by Gasteiger charge is 1.99. The molecule has 0 aromatic rings. The second-order valence-electron chi connectivity index (χ2n) is 1.88.